The van der Waals surface area contributed by atoms with Crippen molar-refractivity contribution in [2.45, 2.75) is 44.9 Å². The number of aromatic nitrogens is 1. The Hall–Kier alpha value is -1.37. The van der Waals surface area contributed by atoms with Gasteiger partial charge in [0.15, 0.2) is 0 Å². The highest BCUT2D eigenvalue weighted by Gasteiger charge is 2.06. The molecular formula is C16H21N. The largest absolute Gasteiger partial charge is 0.261 e. The number of pyridine rings is 1. The Morgan fingerprint density at radius 3 is 2.94 bits per heavy atom. The van der Waals surface area contributed by atoms with E-state index in [0.29, 0.717) is 5.92 Å². The smallest absolute Gasteiger partial charge is 0.0431 e. The average Bonchev–Trinajstić information content (AvgIpc) is 2.41. The van der Waals surface area contributed by atoms with E-state index in [9.17, 15) is 0 Å². The van der Waals surface area contributed by atoms with Crippen LogP contribution in [-0.4, -0.2) is 4.98 Å². The number of hydrogen-bond acceptors (Lipinski definition) is 1. The third-order valence-electron chi connectivity index (χ3n) is 3.37. The molecule has 1 aromatic rings. The van der Waals surface area contributed by atoms with E-state index in [-0.39, 0.29) is 0 Å². The molecule has 1 heterocycles. The van der Waals surface area contributed by atoms with Gasteiger partial charge in [0.25, 0.3) is 0 Å². The molecule has 1 atom stereocenters. The van der Waals surface area contributed by atoms with E-state index < -0.39 is 0 Å². The van der Waals surface area contributed by atoms with E-state index in [0.717, 1.165) is 0 Å². The summed E-state index contributed by atoms with van der Waals surface area (Å²) < 4.78 is 0. The van der Waals surface area contributed by atoms with Gasteiger partial charge in [-0.1, -0.05) is 36.8 Å². The molecule has 0 N–H and O–H groups in total. The van der Waals surface area contributed by atoms with Crippen LogP contribution >= 0.6 is 0 Å². The summed E-state index contributed by atoms with van der Waals surface area (Å²) in [5.41, 5.74) is 2.74. The van der Waals surface area contributed by atoms with Crippen molar-refractivity contribution in [3.63, 3.8) is 0 Å². The molecule has 0 bridgehead atoms. The lowest BCUT2D eigenvalue weighted by molar-refractivity contribution is 0.619. The van der Waals surface area contributed by atoms with Crippen molar-refractivity contribution in [3.05, 3.63) is 53.9 Å². The maximum Gasteiger partial charge on any atom is 0.0431 e. The predicted molar refractivity (Wildman–Crippen MR) is 73.0 cm³/mol. The predicted octanol–water partition coefficient (Wildman–Crippen LogP) is 4.63. The SMILES string of the molecule is CC(CCCC1=CCCC=C1)c1ccccn1. The molecule has 1 nitrogen and oxygen atoms in total. The van der Waals surface area contributed by atoms with Gasteiger partial charge in [0.05, 0.1) is 0 Å². The summed E-state index contributed by atoms with van der Waals surface area (Å²) in [4.78, 5) is 4.42. The molecule has 1 aliphatic carbocycles. The first-order valence-corrected chi connectivity index (χ1v) is 6.63. The van der Waals surface area contributed by atoms with E-state index >= 15 is 0 Å². The maximum atomic E-state index is 4.42. The molecule has 0 amide bonds. The zero-order chi connectivity index (χ0) is 11.9. The van der Waals surface area contributed by atoms with Crippen LogP contribution in [-0.2, 0) is 0 Å². The molecule has 90 valence electrons. The van der Waals surface area contributed by atoms with Gasteiger partial charge < -0.3 is 0 Å². The minimum Gasteiger partial charge on any atom is -0.261 e. The summed E-state index contributed by atoms with van der Waals surface area (Å²) in [5, 5.41) is 0. The van der Waals surface area contributed by atoms with Crippen LogP contribution in [0.4, 0.5) is 0 Å². The van der Waals surface area contributed by atoms with Crippen molar-refractivity contribution in [3.8, 4) is 0 Å². The van der Waals surface area contributed by atoms with Crippen LogP contribution in [0.2, 0.25) is 0 Å². The molecule has 0 saturated heterocycles. The summed E-state index contributed by atoms with van der Waals surface area (Å²) in [6, 6.07) is 6.18. The second-order valence-electron chi connectivity index (χ2n) is 4.81. The zero-order valence-corrected chi connectivity index (χ0v) is 10.6. The lowest BCUT2D eigenvalue weighted by Gasteiger charge is -2.11. The average molecular weight is 227 g/mol. The number of rotatable bonds is 5. The van der Waals surface area contributed by atoms with Crippen LogP contribution in [0, 0.1) is 0 Å². The molecule has 0 saturated carbocycles. The summed E-state index contributed by atoms with van der Waals surface area (Å²) >= 11 is 0. The lowest BCUT2D eigenvalue weighted by Crippen LogP contribution is -1.97. The molecule has 1 heteroatoms. The molecular weight excluding hydrogens is 206 g/mol. The molecule has 0 radical (unpaired) electrons. The van der Waals surface area contributed by atoms with Crippen LogP contribution in [0.15, 0.2) is 48.2 Å². The van der Waals surface area contributed by atoms with E-state index in [4.69, 9.17) is 0 Å². The molecule has 0 aliphatic heterocycles. The Kier molecular flexibility index (Phi) is 4.54. The van der Waals surface area contributed by atoms with Crippen LogP contribution < -0.4 is 0 Å². The third-order valence-corrected chi connectivity index (χ3v) is 3.37. The number of hydrogen-bond donors (Lipinski definition) is 0. The lowest BCUT2D eigenvalue weighted by atomic mass is 9.96. The van der Waals surface area contributed by atoms with Gasteiger partial charge in [0.2, 0.25) is 0 Å². The van der Waals surface area contributed by atoms with Crippen molar-refractivity contribution in [1.29, 1.82) is 0 Å². The molecule has 0 fully saturated rings. The highest BCUT2D eigenvalue weighted by molar-refractivity contribution is 5.21. The minimum atomic E-state index is 0.573. The van der Waals surface area contributed by atoms with E-state index in [1.807, 2.05) is 12.3 Å². The molecule has 0 spiro atoms. The van der Waals surface area contributed by atoms with Gasteiger partial charge >= 0.3 is 0 Å². The third kappa shape index (κ3) is 3.85. The van der Waals surface area contributed by atoms with Crippen molar-refractivity contribution >= 4 is 0 Å². The fourth-order valence-corrected chi connectivity index (χ4v) is 2.28. The van der Waals surface area contributed by atoms with Gasteiger partial charge in [-0.3, -0.25) is 4.98 Å². The molecule has 1 aliphatic rings. The summed E-state index contributed by atoms with van der Waals surface area (Å²) in [5.74, 6) is 0.573. The highest BCUT2D eigenvalue weighted by atomic mass is 14.7. The molecule has 2 rings (SSSR count). The Morgan fingerprint density at radius 2 is 2.24 bits per heavy atom. The molecule has 17 heavy (non-hydrogen) atoms. The quantitative estimate of drug-likeness (QED) is 0.714. The van der Waals surface area contributed by atoms with Crippen molar-refractivity contribution in [2.75, 3.05) is 0 Å². The van der Waals surface area contributed by atoms with E-state index in [1.165, 1.54) is 43.4 Å². The van der Waals surface area contributed by atoms with Crippen LogP contribution in [0.3, 0.4) is 0 Å². The van der Waals surface area contributed by atoms with Crippen molar-refractivity contribution in [2.24, 2.45) is 0 Å². The number of allylic oxidation sites excluding steroid dienone is 4. The second kappa shape index (κ2) is 6.39. The summed E-state index contributed by atoms with van der Waals surface area (Å²) in [6.45, 7) is 2.27. The van der Waals surface area contributed by atoms with Gasteiger partial charge in [-0.25, -0.2) is 0 Å². The normalized spacial score (nSPS) is 16.6. The van der Waals surface area contributed by atoms with Gasteiger partial charge in [0, 0.05) is 11.9 Å². The standard InChI is InChI=1S/C16H21N/c1-14(16-12-5-6-13-17-16)8-7-11-15-9-3-2-4-10-15/h3,5-6,9-10,12-14H,2,4,7-8,11H2,1H3. The number of nitrogens with zero attached hydrogens (tertiary/aromatic N) is 1. The monoisotopic (exact) mass is 227 g/mol. The van der Waals surface area contributed by atoms with Crippen LogP contribution in [0.25, 0.3) is 0 Å². The van der Waals surface area contributed by atoms with Crippen LogP contribution in [0.5, 0.6) is 0 Å². The van der Waals surface area contributed by atoms with Gasteiger partial charge in [0.1, 0.15) is 0 Å². The van der Waals surface area contributed by atoms with Gasteiger partial charge in [-0.2, -0.15) is 0 Å². The fourth-order valence-electron chi connectivity index (χ4n) is 2.28. The van der Waals surface area contributed by atoms with E-state index in [1.54, 1.807) is 0 Å². The first-order chi connectivity index (χ1) is 8.36. The van der Waals surface area contributed by atoms with Gasteiger partial charge in [-0.05, 0) is 50.2 Å². The molecule has 1 unspecified atom stereocenters. The maximum absolute atomic E-state index is 4.42. The minimum absolute atomic E-state index is 0.573. The Bertz CT molecular complexity index is 389. The van der Waals surface area contributed by atoms with E-state index in [2.05, 4.69) is 42.3 Å². The Labute approximate surface area is 104 Å². The first kappa shape index (κ1) is 12.1. The fraction of sp³-hybridized carbons (Fsp3) is 0.438. The summed E-state index contributed by atoms with van der Waals surface area (Å²) in [6.07, 6.45) is 15.0. The second-order valence-corrected chi connectivity index (χ2v) is 4.81. The summed E-state index contributed by atoms with van der Waals surface area (Å²) in [7, 11) is 0. The Balaban J connectivity index is 1.75. The zero-order valence-electron chi connectivity index (χ0n) is 10.6. The molecule has 0 aromatic carbocycles. The van der Waals surface area contributed by atoms with Gasteiger partial charge in [-0.15, -0.1) is 0 Å². The van der Waals surface area contributed by atoms with Crippen molar-refractivity contribution < 1.29 is 0 Å². The topological polar surface area (TPSA) is 12.9 Å². The van der Waals surface area contributed by atoms with Crippen molar-refractivity contribution in [1.82, 2.24) is 4.98 Å². The first-order valence-electron chi connectivity index (χ1n) is 6.63. The Morgan fingerprint density at radius 1 is 1.29 bits per heavy atom. The van der Waals surface area contributed by atoms with Crippen LogP contribution in [0.1, 0.15) is 50.6 Å². The molecule has 1 aromatic heterocycles. The highest BCUT2D eigenvalue weighted by Crippen LogP contribution is 2.22.